The minimum atomic E-state index is -2.39. The van der Waals surface area contributed by atoms with Crippen LogP contribution in [-0.4, -0.2) is 28.2 Å². The number of nitrogens with one attached hydrogen (secondary N) is 1. The molecule has 0 aliphatic heterocycles. The van der Waals surface area contributed by atoms with Gasteiger partial charge in [0.1, 0.15) is 0 Å². The third kappa shape index (κ3) is 1.48. The predicted molar refractivity (Wildman–Crippen MR) is 55.2 cm³/mol. The monoisotopic (exact) mass is 242 g/mol. The summed E-state index contributed by atoms with van der Waals surface area (Å²) in [4.78, 5) is 24.7. The number of H-pyrrole nitrogens is 1. The average molecular weight is 242 g/mol. The Kier molecular flexibility index (Phi) is 2.27. The predicted octanol–water partition coefficient (Wildman–Crippen LogP) is -3.21. The number of rotatable bonds is 0. The van der Waals surface area contributed by atoms with Crippen molar-refractivity contribution < 1.29 is 13.6 Å². The summed E-state index contributed by atoms with van der Waals surface area (Å²) in [5.74, 6) is 0. The van der Waals surface area contributed by atoms with Gasteiger partial charge in [-0.25, -0.2) is 4.79 Å². The average Bonchev–Trinajstić information content (AvgIpc) is 2.25. The topological polar surface area (TPSA) is 109 Å². The van der Waals surface area contributed by atoms with Gasteiger partial charge in [0.15, 0.2) is 0 Å². The molecule has 1 aliphatic carbocycles. The molecule has 0 bridgehead atoms. The van der Waals surface area contributed by atoms with Crippen molar-refractivity contribution in [2.24, 2.45) is 0 Å². The summed E-state index contributed by atoms with van der Waals surface area (Å²) in [6, 6.07) is 0. The van der Waals surface area contributed by atoms with Gasteiger partial charge >= 0.3 is 5.69 Å². The number of nitrogens with zero attached hydrogens (tertiary/aromatic N) is 1. The van der Waals surface area contributed by atoms with Crippen molar-refractivity contribution in [2.45, 2.75) is 6.42 Å². The van der Waals surface area contributed by atoms with E-state index in [0.29, 0.717) is 0 Å². The molecule has 0 amide bonds. The molecule has 0 radical (unpaired) electrons. The van der Waals surface area contributed by atoms with Crippen LogP contribution in [-0.2, 0) is 10.3 Å². The molecule has 16 heavy (non-hydrogen) atoms. The van der Waals surface area contributed by atoms with E-state index in [4.69, 9.17) is 5.21 Å². The summed E-state index contributed by atoms with van der Waals surface area (Å²) in [6.07, 6.45) is 2.59. The summed E-state index contributed by atoms with van der Waals surface area (Å²) in [7, 11) is -2.39. The normalized spacial score (nSPS) is 13.6. The van der Waals surface area contributed by atoms with E-state index in [1.54, 1.807) is 0 Å². The van der Waals surface area contributed by atoms with Gasteiger partial charge < -0.3 is 10.2 Å². The third-order valence-electron chi connectivity index (χ3n) is 2.17. The molecular formula is C8H6N2O5S. The van der Waals surface area contributed by atoms with Crippen molar-refractivity contribution in [3.05, 3.63) is 31.4 Å². The van der Waals surface area contributed by atoms with E-state index >= 15 is 0 Å². The van der Waals surface area contributed by atoms with Crippen LogP contribution in [0, 0.1) is 0 Å². The Morgan fingerprint density at radius 1 is 1.38 bits per heavy atom. The maximum atomic E-state index is 11.4. The second-order valence-corrected chi connectivity index (χ2v) is 4.12. The lowest BCUT2D eigenvalue weighted by Gasteiger charge is -2.00. The zero-order chi connectivity index (χ0) is 11.9. The Morgan fingerprint density at radius 2 is 2.06 bits per heavy atom. The lowest BCUT2D eigenvalue weighted by molar-refractivity contribution is 0.158. The van der Waals surface area contributed by atoms with E-state index in [1.807, 2.05) is 0 Å². The van der Waals surface area contributed by atoms with Crippen molar-refractivity contribution in [3.63, 3.8) is 0 Å². The van der Waals surface area contributed by atoms with Gasteiger partial charge in [0, 0.05) is 6.42 Å². The molecule has 1 aliphatic rings. The molecule has 0 saturated carbocycles. The SMILES string of the molecule is O=c1[nH]c2c(c(=O)n1O)=CCC(=S(=O)=O)C=2. The molecule has 0 saturated heterocycles. The van der Waals surface area contributed by atoms with Gasteiger partial charge in [-0.1, -0.05) is 10.8 Å². The van der Waals surface area contributed by atoms with Crippen LogP contribution in [0.5, 0.6) is 0 Å². The molecule has 7 nitrogen and oxygen atoms in total. The van der Waals surface area contributed by atoms with E-state index in [2.05, 4.69) is 4.98 Å². The van der Waals surface area contributed by atoms with Gasteiger partial charge in [-0.05, 0) is 6.08 Å². The van der Waals surface area contributed by atoms with Crippen LogP contribution in [0.4, 0.5) is 0 Å². The lowest BCUT2D eigenvalue weighted by Crippen LogP contribution is -2.54. The summed E-state index contributed by atoms with van der Waals surface area (Å²) < 4.78 is 21.3. The molecule has 1 heterocycles. The molecule has 1 aromatic rings. The second kappa shape index (κ2) is 3.49. The molecule has 2 rings (SSSR count). The van der Waals surface area contributed by atoms with E-state index in [9.17, 15) is 18.0 Å². The highest BCUT2D eigenvalue weighted by Crippen LogP contribution is 1.89. The number of aromatic nitrogens is 2. The maximum absolute atomic E-state index is 11.4. The van der Waals surface area contributed by atoms with Crippen LogP contribution in [0.2, 0.25) is 0 Å². The van der Waals surface area contributed by atoms with E-state index < -0.39 is 21.5 Å². The summed E-state index contributed by atoms with van der Waals surface area (Å²) >= 11 is 0. The molecule has 0 unspecified atom stereocenters. The molecule has 8 heteroatoms. The fourth-order valence-electron chi connectivity index (χ4n) is 1.41. The van der Waals surface area contributed by atoms with Crippen molar-refractivity contribution in [1.29, 1.82) is 0 Å². The van der Waals surface area contributed by atoms with Crippen molar-refractivity contribution in [1.82, 2.24) is 9.71 Å². The van der Waals surface area contributed by atoms with Crippen LogP contribution >= 0.6 is 0 Å². The Bertz CT molecular complexity index is 817. The van der Waals surface area contributed by atoms with Crippen molar-refractivity contribution >= 4 is 27.3 Å². The van der Waals surface area contributed by atoms with Crippen LogP contribution in [0.25, 0.3) is 12.2 Å². The van der Waals surface area contributed by atoms with E-state index in [0.717, 1.165) is 0 Å². The van der Waals surface area contributed by atoms with Crippen LogP contribution < -0.4 is 21.8 Å². The van der Waals surface area contributed by atoms with Gasteiger partial charge in [0.2, 0.25) is 10.3 Å². The largest absolute Gasteiger partial charge is 0.421 e. The van der Waals surface area contributed by atoms with Crippen LogP contribution in [0.15, 0.2) is 9.59 Å². The highest BCUT2D eigenvalue weighted by molar-refractivity contribution is 7.73. The van der Waals surface area contributed by atoms with Crippen molar-refractivity contribution in [2.75, 3.05) is 0 Å². The Morgan fingerprint density at radius 3 is 2.69 bits per heavy atom. The fourth-order valence-corrected chi connectivity index (χ4v) is 1.84. The maximum Gasteiger partial charge on any atom is 0.362 e. The summed E-state index contributed by atoms with van der Waals surface area (Å²) in [6.45, 7) is 0. The Hall–Kier alpha value is -2.09. The standard InChI is InChI=1S/C8H6N2O5S/c11-7-5-2-1-4(16(14)15)3-6(5)9-8(12)10(7)13/h2-3,13H,1H2,(H,9,12). The van der Waals surface area contributed by atoms with Gasteiger partial charge in [-0.3, -0.25) is 4.79 Å². The van der Waals surface area contributed by atoms with Gasteiger partial charge in [0.25, 0.3) is 5.56 Å². The highest BCUT2D eigenvalue weighted by Gasteiger charge is 2.08. The molecular weight excluding hydrogens is 236 g/mol. The van der Waals surface area contributed by atoms with Gasteiger partial charge in [-0.2, -0.15) is 8.42 Å². The third-order valence-corrected chi connectivity index (χ3v) is 2.89. The lowest BCUT2D eigenvalue weighted by atomic mass is 10.1. The van der Waals surface area contributed by atoms with Crippen LogP contribution in [0.1, 0.15) is 6.42 Å². The zero-order valence-corrected chi connectivity index (χ0v) is 8.61. The molecule has 84 valence electrons. The van der Waals surface area contributed by atoms with Crippen LogP contribution in [0.3, 0.4) is 0 Å². The number of fused-ring (bicyclic) bond motifs is 1. The summed E-state index contributed by atoms with van der Waals surface area (Å²) in [5, 5.41) is 9.20. The fraction of sp³-hybridized carbons (Fsp3) is 0.125. The Labute approximate surface area is 89.1 Å². The zero-order valence-electron chi connectivity index (χ0n) is 7.80. The smallest absolute Gasteiger partial charge is 0.362 e. The molecule has 0 aromatic carbocycles. The highest BCUT2D eigenvalue weighted by atomic mass is 32.2. The quantitative estimate of drug-likeness (QED) is 0.367. The first-order valence-electron chi connectivity index (χ1n) is 4.22. The number of hydrogen-bond donors (Lipinski definition) is 2. The van der Waals surface area contributed by atoms with Gasteiger partial charge in [0.05, 0.1) is 15.4 Å². The molecule has 1 aromatic heterocycles. The van der Waals surface area contributed by atoms with Gasteiger partial charge in [-0.15, -0.1) is 0 Å². The first-order valence-corrected chi connectivity index (χ1v) is 5.30. The van der Waals surface area contributed by atoms with Crippen molar-refractivity contribution in [3.8, 4) is 0 Å². The van der Waals surface area contributed by atoms with E-state index in [-0.39, 0.29) is 26.6 Å². The number of aromatic amines is 1. The Balaban J connectivity index is 3.05. The number of hydrogen-bond acceptors (Lipinski definition) is 5. The molecule has 0 atom stereocenters. The minimum absolute atomic E-state index is 0.0532. The molecule has 2 N–H and O–H groups in total. The summed E-state index contributed by atoms with van der Waals surface area (Å²) in [5.41, 5.74) is -1.88. The van der Waals surface area contributed by atoms with E-state index in [1.165, 1.54) is 12.2 Å². The first-order chi connectivity index (χ1) is 7.50. The first kappa shape index (κ1) is 10.4. The minimum Gasteiger partial charge on any atom is -0.421 e. The molecule has 0 spiro atoms. The second-order valence-electron chi connectivity index (χ2n) is 3.13. The molecule has 0 fully saturated rings.